The van der Waals surface area contributed by atoms with Gasteiger partial charge in [-0.2, -0.15) is 0 Å². The number of carbonyl (C=O) groups is 1. The van der Waals surface area contributed by atoms with E-state index in [0.29, 0.717) is 23.3 Å². The number of thioether (sulfide) groups is 1. The highest BCUT2D eigenvalue weighted by Gasteiger charge is 2.21. The largest absolute Gasteiger partial charge is 0.342 e. The topological polar surface area (TPSA) is 51.0 Å². The van der Waals surface area contributed by atoms with Gasteiger partial charge in [0.05, 0.1) is 10.9 Å². The summed E-state index contributed by atoms with van der Waals surface area (Å²) >= 11 is 7.43. The van der Waals surface area contributed by atoms with E-state index in [2.05, 4.69) is 10.2 Å². The van der Waals surface area contributed by atoms with Crippen LogP contribution in [0.2, 0.25) is 5.02 Å². The minimum atomic E-state index is -0.220. The molecule has 1 atom stereocenters. The number of halogens is 1. The molecule has 2 aromatic rings. The molecular weight excluding hydrogens is 320 g/mol. The molecule has 0 saturated heterocycles. The molecule has 0 aliphatic carbocycles. The normalized spacial score (nSPS) is 12.2. The Bertz CT molecular complexity index is 642. The molecule has 1 amide bonds. The van der Waals surface area contributed by atoms with E-state index in [1.54, 1.807) is 6.33 Å². The third-order valence-corrected chi connectivity index (χ3v) is 4.59. The SMILES string of the molecule is CCN(CC)C(=O)C(C)Sc1nncn1-c1cccc(Cl)c1. The van der Waals surface area contributed by atoms with E-state index in [1.165, 1.54) is 11.8 Å². The van der Waals surface area contributed by atoms with Crippen molar-refractivity contribution >= 4 is 29.3 Å². The lowest BCUT2D eigenvalue weighted by Crippen LogP contribution is -2.36. The maximum atomic E-state index is 12.4. The van der Waals surface area contributed by atoms with Gasteiger partial charge in [-0.3, -0.25) is 9.36 Å². The zero-order valence-corrected chi connectivity index (χ0v) is 14.4. The summed E-state index contributed by atoms with van der Waals surface area (Å²) in [6, 6.07) is 7.45. The summed E-state index contributed by atoms with van der Waals surface area (Å²) in [6.07, 6.45) is 1.63. The minimum Gasteiger partial charge on any atom is -0.342 e. The van der Waals surface area contributed by atoms with Gasteiger partial charge in [-0.05, 0) is 39.0 Å². The summed E-state index contributed by atoms with van der Waals surface area (Å²) in [5, 5.41) is 9.17. The number of hydrogen-bond acceptors (Lipinski definition) is 4. The van der Waals surface area contributed by atoms with Crippen LogP contribution in [0.4, 0.5) is 0 Å². The first-order valence-electron chi connectivity index (χ1n) is 7.18. The molecule has 0 aliphatic rings. The van der Waals surface area contributed by atoms with Gasteiger partial charge >= 0.3 is 0 Å². The molecular formula is C15H19ClN4OS. The van der Waals surface area contributed by atoms with Gasteiger partial charge in [-0.25, -0.2) is 0 Å². The van der Waals surface area contributed by atoms with E-state index < -0.39 is 0 Å². The highest BCUT2D eigenvalue weighted by Crippen LogP contribution is 2.25. The molecule has 1 aromatic heterocycles. The predicted molar refractivity (Wildman–Crippen MR) is 89.6 cm³/mol. The van der Waals surface area contributed by atoms with Crippen LogP contribution in [0.3, 0.4) is 0 Å². The molecule has 1 heterocycles. The Hall–Kier alpha value is -1.53. The highest BCUT2D eigenvalue weighted by atomic mass is 35.5. The van der Waals surface area contributed by atoms with Crippen LogP contribution in [0.15, 0.2) is 35.7 Å². The summed E-state index contributed by atoms with van der Waals surface area (Å²) in [5.74, 6) is 0.107. The predicted octanol–water partition coefficient (Wildman–Crippen LogP) is 3.27. The van der Waals surface area contributed by atoms with E-state index in [4.69, 9.17) is 11.6 Å². The second-order valence-corrected chi connectivity index (χ2v) is 6.48. The molecule has 5 nitrogen and oxygen atoms in total. The number of nitrogens with zero attached hydrogens (tertiary/aromatic N) is 4. The molecule has 0 fully saturated rings. The van der Waals surface area contributed by atoms with Crippen molar-refractivity contribution < 1.29 is 4.79 Å². The van der Waals surface area contributed by atoms with Crippen LogP contribution in [0, 0.1) is 0 Å². The molecule has 0 saturated carbocycles. The first-order chi connectivity index (χ1) is 10.6. The Morgan fingerprint density at radius 2 is 2.14 bits per heavy atom. The summed E-state index contributed by atoms with van der Waals surface area (Å²) in [7, 11) is 0. The van der Waals surface area contributed by atoms with Gasteiger partial charge < -0.3 is 4.90 Å². The Morgan fingerprint density at radius 3 is 2.77 bits per heavy atom. The first-order valence-corrected chi connectivity index (χ1v) is 8.44. The fourth-order valence-electron chi connectivity index (χ4n) is 2.11. The lowest BCUT2D eigenvalue weighted by molar-refractivity contribution is -0.129. The van der Waals surface area contributed by atoms with Crippen molar-refractivity contribution in [2.45, 2.75) is 31.2 Å². The number of aromatic nitrogens is 3. The molecule has 0 bridgehead atoms. The Morgan fingerprint density at radius 1 is 1.41 bits per heavy atom. The molecule has 0 aliphatic heterocycles. The Kier molecular flexibility index (Phi) is 5.85. The standard InChI is InChI=1S/C15H19ClN4OS/c1-4-19(5-2)14(21)11(3)22-15-18-17-10-20(15)13-8-6-7-12(16)9-13/h6-11H,4-5H2,1-3H3. The van der Waals surface area contributed by atoms with Gasteiger partial charge in [0.25, 0.3) is 0 Å². The highest BCUT2D eigenvalue weighted by molar-refractivity contribution is 8.00. The van der Waals surface area contributed by atoms with Crippen molar-refractivity contribution in [1.29, 1.82) is 0 Å². The van der Waals surface area contributed by atoms with Gasteiger partial charge in [0.15, 0.2) is 5.16 Å². The van der Waals surface area contributed by atoms with Crippen molar-refractivity contribution in [3.8, 4) is 5.69 Å². The number of rotatable bonds is 6. The van der Waals surface area contributed by atoms with Crippen LogP contribution in [-0.4, -0.2) is 43.9 Å². The number of carbonyl (C=O) groups excluding carboxylic acids is 1. The Balaban J connectivity index is 2.18. The average Bonchev–Trinajstić information content (AvgIpc) is 2.96. The maximum absolute atomic E-state index is 12.4. The monoisotopic (exact) mass is 338 g/mol. The van der Waals surface area contributed by atoms with E-state index in [1.807, 2.05) is 54.5 Å². The molecule has 1 unspecified atom stereocenters. The molecule has 0 N–H and O–H groups in total. The second kappa shape index (κ2) is 7.65. The fourth-order valence-corrected chi connectivity index (χ4v) is 3.22. The van der Waals surface area contributed by atoms with Crippen molar-refractivity contribution in [3.05, 3.63) is 35.6 Å². The van der Waals surface area contributed by atoms with Gasteiger partial charge in [0.1, 0.15) is 6.33 Å². The Labute approximate surface area is 139 Å². The zero-order valence-electron chi connectivity index (χ0n) is 12.9. The third-order valence-electron chi connectivity index (χ3n) is 3.31. The molecule has 1 aromatic carbocycles. The molecule has 7 heteroatoms. The van der Waals surface area contributed by atoms with Gasteiger partial charge in [-0.1, -0.05) is 29.4 Å². The van der Waals surface area contributed by atoms with Crippen molar-refractivity contribution in [2.24, 2.45) is 0 Å². The molecule has 2 rings (SSSR count). The van der Waals surface area contributed by atoms with Crippen LogP contribution in [-0.2, 0) is 4.79 Å². The van der Waals surface area contributed by atoms with Crippen LogP contribution in [0.1, 0.15) is 20.8 Å². The van der Waals surface area contributed by atoms with Crippen molar-refractivity contribution in [2.75, 3.05) is 13.1 Å². The number of hydrogen-bond donors (Lipinski definition) is 0. The average molecular weight is 339 g/mol. The summed E-state index contributed by atoms with van der Waals surface area (Å²) in [6.45, 7) is 7.27. The van der Waals surface area contributed by atoms with Crippen LogP contribution >= 0.6 is 23.4 Å². The molecule has 0 spiro atoms. The maximum Gasteiger partial charge on any atom is 0.235 e. The van der Waals surface area contributed by atoms with Gasteiger partial charge in [0, 0.05) is 18.1 Å². The van der Waals surface area contributed by atoms with Gasteiger partial charge in [0.2, 0.25) is 5.91 Å². The third kappa shape index (κ3) is 3.81. The van der Waals surface area contributed by atoms with E-state index >= 15 is 0 Å². The summed E-state index contributed by atoms with van der Waals surface area (Å²) in [4.78, 5) is 14.2. The lowest BCUT2D eigenvalue weighted by atomic mass is 10.3. The fraction of sp³-hybridized carbons (Fsp3) is 0.400. The van der Waals surface area contributed by atoms with Crippen LogP contribution < -0.4 is 0 Å². The smallest absolute Gasteiger partial charge is 0.235 e. The van der Waals surface area contributed by atoms with E-state index in [-0.39, 0.29) is 11.2 Å². The van der Waals surface area contributed by atoms with Gasteiger partial charge in [-0.15, -0.1) is 10.2 Å². The quantitative estimate of drug-likeness (QED) is 0.758. The van der Waals surface area contributed by atoms with Crippen molar-refractivity contribution in [3.63, 3.8) is 0 Å². The molecule has 0 radical (unpaired) electrons. The van der Waals surface area contributed by atoms with Crippen molar-refractivity contribution in [1.82, 2.24) is 19.7 Å². The zero-order chi connectivity index (χ0) is 16.1. The molecule has 22 heavy (non-hydrogen) atoms. The summed E-state index contributed by atoms with van der Waals surface area (Å²) < 4.78 is 1.84. The first kappa shape index (κ1) is 16.8. The minimum absolute atomic E-state index is 0.107. The number of amides is 1. The molecule has 118 valence electrons. The van der Waals surface area contributed by atoms with Crippen LogP contribution in [0.5, 0.6) is 0 Å². The lowest BCUT2D eigenvalue weighted by Gasteiger charge is -2.22. The van der Waals surface area contributed by atoms with Crippen LogP contribution in [0.25, 0.3) is 5.69 Å². The summed E-state index contributed by atoms with van der Waals surface area (Å²) in [5.41, 5.74) is 0.877. The van der Waals surface area contributed by atoms with E-state index in [0.717, 1.165) is 5.69 Å². The second-order valence-electron chi connectivity index (χ2n) is 4.73. The number of benzene rings is 1. The van der Waals surface area contributed by atoms with E-state index in [9.17, 15) is 4.79 Å².